The first-order chi connectivity index (χ1) is 10.6. The van der Waals surface area contributed by atoms with Crippen molar-refractivity contribution in [3.63, 3.8) is 0 Å². The molecule has 1 rings (SSSR count). The fraction of sp³-hybridized carbons (Fsp3) is 0.929. The maximum absolute atomic E-state index is 11.8. The molecule has 7 nitrogen and oxygen atoms in total. The molecule has 23 heavy (non-hydrogen) atoms. The number of aliphatic hydroxyl groups is 5. The van der Waals surface area contributed by atoms with E-state index in [0.29, 0.717) is 6.42 Å². The minimum absolute atomic E-state index is 0.0548. The van der Waals surface area contributed by atoms with Crippen LogP contribution >= 0.6 is 27.5 Å². The van der Waals surface area contributed by atoms with Crippen molar-refractivity contribution in [2.45, 2.75) is 79.4 Å². The van der Waals surface area contributed by atoms with Crippen LogP contribution in [0.25, 0.3) is 0 Å². The molecule has 1 aliphatic rings. The molecular formula is C14H24BrClO7. The van der Waals surface area contributed by atoms with Crippen LogP contribution in [0.2, 0.25) is 0 Å². The van der Waals surface area contributed by atoms with Crippen LogP contribution in [0.15, 0.2) is 0 Å². The van der Waals surface area contributed by atoms with Crippen molar-refractivity contribution >= 4 is 33.5 Å². The number of rotatable bonds is 7. The van der Waals surface area contributed by atoms with Crippen LogP contribution in [-0.2, 0) is 9.53 Å². The van der Waals surface area contributed by atoms with Crippen LogP contribution in [0.1, 0.15) is 45.4 Å². The third-order valence-electron chi connectivity index (χ3n) is 3.99. The van der Waals surface area contributed by atoms with Crippen LogP contribution < -0.4 is 0 Å². The van der Waals surface area contributed by atoms with Gasteiger partial charge in [-0.1, -0.05) is 44.2 Å². The Morgan fingerprint density at radius 3 is 2.26 bits per heavy atom. The Morgan fingerprint density at radius 2 is 1.70 bits per heavy atom. The van der Waals surface area contributed by atoms with E-state index in [2.05, 4.69) is 22.9 Å². The number of esters is 1. The Kier molecular flexibility index (Phi) is 7.72. The fourth-order valence-corrected chi connectivity index (χ4v) is 3.23. The van der Waals surface area contributed by atoms with Crippen molar-refractivity contribution in [2.24, 2.45) is 0 Å². The highest BCUT2D eigenvalue weighted by Crippen LogP contribution is 2.46. The summed E-state index contributed by atoms with van der Waals surface area (Å²) in [6, 6.07) is 0. The van der Waals surface area contributed by atoms with Crippen molar-refractivity contribution < 1.29 is 35.1 Å². The van der Waals surface area contributed by atoms with Gasteiger partial charge in [-0.3, -0.25) is 4.79 Å². The third kappa shape index (κ3) is 4.56. The average Bonchev–Trinajstić information content (AvgIpc) is 2.48. The van der Waals surface area contributed by atoms with Gasteiger partial charge in [-0.25, -0.2) is 0 Å². The van der Waals surface area contributed by atoms with Crippen LogP contribution in [0.4, 0.5) is 0 Å². The number of unbranched alkanes of at least 4 members (excludes halogenated alkanes) is 4. The molecule has 9 heteroatoms. The van der Waals surface area contributed by atoms with Crippen LogP contribution in [0.3, 0.4) is 0 Å². The number of halogens is 2. The molecule has 0 aromatic rings. The Balaban J connectivity index is 2.68. The maximum atomic E-state index is 11.8. The Hall–Kier alpha value is 0.0400. The van der Waals surface area contributed by atoms with Gasteiger partial charge in [0.05, 0.1) is 0 Å². The topological polar surface area (TPSA) is 127 Å². The molecule has 1 fully saturated rings. The van der Waals surface area contributed by atoms with Gasteiger partial charge in [0.1, 0.15) is 18.3 Å². The Labute approximate surface area is 148 Å². The SMILES string of the molecule is CCCCCCCC(=O)OC1C(O)C(O)C(O)C(O)(Br)C1(O)Cl. The molecule has 0 heterocycles. The smallest absolute Gasteiger partial charge is 0.306 e. The molecule has 136 valence electrons. The first-order valence-electron chi connectivity index (χ1n) is 7.63. The van der Waals surface area contributed by atoms with Gasteiger partial charge in [-0.2, -0.15) is 0 Å². The summed E-state index contributed by atoms with van der Waals surface area (Å²) in [5.41, 5.74) is 0. The number of alkyl halides is 2. The molecule has 5 N–H and O–H groups in total. The van der Waals surface area contributed by atoms with Crippen molar-refractivity contribution in [3.8, 4) is 0 Å². The molecule has 1 aliphatic carbocycles. The lowest BCUT2D eigenvalue weighted by molar-refractivity contribution is -0.256. The number of carbonyl (C=O) groups excluding carboxylic acids is 1. The lowest BCUT2D eigenvalue weighted by Gasteiger charge is -2.50. The minimum Gasteiger partial charge on any atom is -0.455 e. The van der Waals surface area contributed by atoms with Gasteiger partial charge >= 0.3 is 5.97 Å². The van der Waals surface area contributed by atoms with Crippen molar-refractivity contribution in [1.82, 2.24) is 0 Å². The average molecular weight is 420 g/mol. The highest BCUT2D eigenvalue weighted by molar-refractivity contribution is 9.10. The molecule has 0 bridgehead atoms. The van der Waals surface area contributed by atoms with Gasteiger partial charge in [0, 0.05) is 6.42 Å². The first-order valence-corrected chi connectivity index (χ1v) is 8.80. The van der Waals surface area contributed by atoms with Gasteiger partial charge in [-0.15, -0.1) is 0 Å². The monoisotopic (exact) mass is 418 g/mol. The summed E-state index contributed by atoms with van der Waals surface area (Å²) in [6.45, 7) is 2.07. The zero-order valence-corrected chi connectivity index (χ0v) is 15.2. The molecule has 0 aromatic heterocycles. The van der Waals surface area contributed by atoms with Crippen molar-refractivity contribution in [2.75, 3.05) is 0 Å². The quantitative estimate of drug-likeness (QED) is 0.229. The first kappa shape index (κ1) is 21.1. The summed E-state index contributed by atoms with van der Waals surface area (Å²) in [7, 11) is 0. The number of hydrogen-bond acceptors (Lipinski definition) is 7. The summed E-state index contributed by atoms with van der Waals surface area (Å²) in [5, 5.41) is 46.8. The largest absolute Gasteiger partial charge is 0.455 e. The molecule has 6 atom stereocenters. The Bertz CT molecular complexity index is 405. The summed E-state index contributed by atoms with van der Waals surface area (Å²) >= 11 is 8.40. The number of aliphatic hydroxyl groups excluding tert-OH is 3. The summed E-state index contributed by atoms with van der Waals surface area (Å²) in [6.07, 6.45) is -2.91. The Morgan fingerprint density at radius 1 is 1.13 bits per heavy atom. The van der Waals surface area contributed by atoms with E-state index in [-0.39, 0.29) is 6.42 Å². The van der Waals surface area contributed by atoms with E-state index in [9.17, 15) is 30.3 Å². The van der Waals surface area contributed by atoms with Crippen molar-refractivity contribution in [1.29, 1.82) is 0 Å². The summed E-state index contributed by atoms with van der Waals surface area (Å²) in [5.74, 6) is -0.725. The molecule has 0 radical (unpaired) electrons. The predicted octanol–water partition coefficient (Wildman–Crippen LogP) is 0.366. The maximum Gasteiger partial charge on any atom is 0.306 e. The van der Waals surface area contributed by atoms with E-state index in [1.54, 1.807) is 0 Å². The molecule has 0 aromatic carbocycles. The second-order valence-corrected chi connectivity index (χ2v) is 7.63. The molecular weight excluding hydrogens is 396 g/mol. The standard InChI is InChI=1S/C14H24BrClO7/c1-2-3-4-5-6-7-8(17)23-12-10(19)9(18)11(20)13(15,21)14(12,16)22/h9-12,18-22H,2-7H2,1H3. The number of hydrogen-bond donors (Lipinski definition) is 5. The summed E-state index contributed by atoms with van der Waals surface area (Å²) in [4.78, 5) is 11.8. The summed E-state index contributed by atoms with van der Waals surface area (Å²) < 4.78 is 2.38. The van der Waals surface area contributed by atoms with Crippen LogP contribution in [0.5, 0.6) is 0 Å². The van der Waals surface area contributed by atoms with Gasteiger partial charge in [0.25, 0.3) is 0 Å². The lowest BCUT2D eigenvalue weighted by Crippen LogP contribution is -2.73. The lowest BCUT2D eigenvalue weighted by atomic mass is 9.84. The van der Waals surface area contributed by atoms with E-state index in [1.807, 2.05) is 0 Å². The van der Waals surface area contributed by atoms with Gasteiger partial charge in [0.2, 0.25) is 5.06 Å². The van der Waals surface area contributed by atoms with E-state index in [1.165, 1.54) is 0 Å². The van der Waals surface area contributed by atoms with Crippen molar-refractivity contribution in [3.05, 3.63) is 0 Å². The van der Waals surface area contributed by atoms with Gasteiger partial charge in [-0.05, 0) is 22.4 Å². The number of carbonyl (C=O) groups is 1. The normalized spacial score (nSPS) is 40.9. The molecule has 0 spiro atoms. The molecule has 1 saturated carbocycles. The van der Waals surface area contributed by atoms with E-state index < -0.39 is 40.0 Å². The van der Waals surface area contributed by atoms with E-state index in [4.69, 9.17) is 16.3 Å². The highest BCUT2D eigenvalue weighted by Gasteiger charge is 2.67. The number of ether oxygens (including phenoxy) is 1. The zero-order chi connectivity index (χ0) is 17.8. The van der Waals surface area contributed by atoms with Crippen LogP contribution in [-0.4, -0.2) is 65.5 Å². The van der Waals surface area contributed by atoms with E-state index in [0.717, 1.165) is 25.7 Å². The molecule has 6 unspecified atom stereocenters. The van der Waals surface area contributed by atoms with E-state index >= 15 is 0 Å². The van der Waals surface area contributed by atoms with Crippen LogP contribution in [0, 0.1) is 0 Å². The zero-order valence-electron chi connectivity index (χ0n) is 12.9. The minimum atomic E-state index is -2.72. The van der Waals surface area contributed by atoms with Gasteiger partial charge < -0.3 is 30.3 Å². The molecule has 0 amide bonds. The predicted molar refractivity (Wildman–Crippen MR) is 86.0 cm³/mol. The third-order valence-corrected chi connectivity index (χ3v) is 5.79. The molecule has 0 aliphatic heterocycles. The molecule has 0 saturated heterocycles. The second kappa shape index (κ2) is 8.42. The fourth-order valence-electron chi connectivity index (χ4n) is 2.45. The highest BCUT2D eigenvalue weighted by atomic mass is 79.9. The van der Waals surface area contributed by atoms with Gasteiger partial charge in [0.15, 0.2) is 10.6 Å². The second-order valence-electron chi connectivity index (χ2n) is 5.85.